The fourth-order valence-electron chi connectivity index (χ4n) is 3.03. The van der Waals surface area contributed by atoms with E-state index in [4.69, 9.17) is 4.74 Å². The molecule has 1 aromatic heterocycles. The van der Waals surface area contributed by atoms with Crippen LogP contribution in [0.25, 0.3) is 0 Å². The van der Waals surface area contributed by atoms with E-state index in [-0.39, 0.29) is 11.9 Å². The van der Waals surface area contributed by atoms with Crippen LogP contribution < -0.4 is 15.0 Å². The number of carbonyl (C=O) groups is 1. The first kappa shape index (κ1) is 20.4. The number of ether oxygens (including phenoxy) is 1. The van der Waals surface area contributed by atoms with Crippen LogP contribution in [0.3, 0.4) is 0 Å². The van der Waals surface area contributed by atoms with E-state index in [0.717, 1.165) is 23.7 Å². The third-order valence-corrected chi connectivity index (χ3v) is 4.74. The van der Waals surface area contributed by atoms with Crippen molar-refractivity contribution < 1.29 is 9.53 Å². The highest BCUT2D eigenvalue weighted by molar-refractivity contribution is 5.94. The van der Waals surface area contributed by atoms with Crippen molar-refractivity contribution in [3.05, 3.63) is 89.6 Å². The van der Waals surface area contributed by atoms with Crippen LogP contribution >= 0.6 is 0 Å². The molecule has 1 N–H and O–H groups in total. The molecule has 0 spiro atoms. The van der Waals surface area contributed by atoms with Gasteiger partial charge in [0.15, 0.2) is 0 Å². The molecular weight excluding hydrogens is 362 g/mol. The molecule has 0 saturated heterocycles. The normalized spacial score (nSPS) is 10.6. The summed E-state index contributed by atoms with van der Waals surface area (Å²) < 4.78 is 5.15. The van der Waals surface area contributed by atoms with Gasteiger partial charge in [-0.15, -0.1) is 0 Å². The van der Waals surface area contributed by atoms with Gasteiger partial charge < -0.3 is 15.0 Å². The number of pyridine rings is 1. The summed E-state index contributed by atoms with van der Waals surface area (Å²) in [6.07, 6.45) is 1.64. The zero-order valence-electron chi connectivity index (χ0n) is 17.1. The number of nitrogens with zero attached hydrogens (tertiary/aromatic N) is 2. The number of carbonyl (C=O) groups excluding carboxylic acids is 1. The van der Waals surface area contributed by atoms with E-state index in [1.54, 1.807) is 13.3 Å². The van der Waals surface area contributed by atoms with E-state index in [1.165, 1.54) is 5.56 Å². The zero-order chi connectivity index (χ0) is 20.6. The average Bonchev–Trinajstić information content (AvgIpc) is 2.77. The average molecular weight is 389 g/mol. The molecule has 0 bridgehead atoms. The molecule has 0 radical (unpaired) electrons. The lowest BCUT2D eigenvalue weighted by molar-refractivity contribution is 0.0950. The lowest BCUT2D eigenvalue weighted by atomic mass is 10.1. The topological polar surface area (TPSA) is 54.5 Å². The van der Waals surface area contributed by atoms with Crippen LogP contribution in [0.1, 0.15) is 35.3 Å². The molecule has 1 heterocycles. The maximum Gasteiger partial charge on any atom is 0.253 e. The number of hydrogen-bond acceptors (Lipinski definition) is 4. The van der Waals surface area contributed by atoms with Crippen molar-refractivity contribution in [1.82, 2.24) is 10.3 Å². The van der Waals surface area contributed by atoms with E-state index < -0.39 is 0 Å². The molecule has 5 nitrogen and oxygen atoms in total. The molecule has 0 unspecified atom stereocenters. The number of nitrogens with one attached hydrogen (secondary N) is 1. The van der Waals surface area contributed by atoms with Crippen molar-refractivity contribution in [3.8, 4) is 5.75 Å². The molecule has 150 valence electrons. The Labute approximate surface area is 172 Å². The number of amides is 1. The SMILES string of the molecule is COc1ccc(CNC(=O)c2ccc(N(Cc3ccccc3)C(C)C)nc2)cc1. The summed E-state index contributed by atoms with van der Waals surface area (Å²) in [6, 6.07) is 22.0. The van der Waals surface area contributed by atoms with Gasteiger partial charge in [0.2, 0.25) is 0 Å². The minimum Gasteiger partial charge on any atom is -0.497 e. The fourth-order valence-corrected chi connectivity index (χ4v) is 3.03. The van der Waals surface area contributed by atoms with Gasteiger partial charge >= 0.3 is 0 Å². The van der Waals surface area contributed by atoms with Gasteiger partial charge in [0.1, 0.15) is 11.6 Å². The molecule has 29 heavy (non-hydrogen) atoms. The Morgan fingerprint density at radius 2 is 1.72 bits per heavy atom. The molecule has 0 aliphatic carbocycles. The quantitative estimate of drug-likeness (QED) is 0.619. The minimum atomic E-state index is -0.140. The lowest BCUT2D eigenvalue weighted by Crippen LogP contribution is -2.31. The van der Waals surface area contributed by atoms with Crippen LogP contribution in [0.2, 0.25) is 0 Å². The van der Waals surface area contributed by atoms with Gasteiger partial charge in [-0.1, -0.05) is 42.5 Å². The van der Waals surface area contributed by atoms with Crippen LogP contribution in [-0.4, -0.2) is 24.0 Å². The molecule has 1 amide bonds. The van der Waals surface area contributed by atoms with Crippen molar-refractivity contribution in [2.45, 2.75) is 33.0 Å². The third-order valence-electron chi connectivity index (χ3n) is 4.74. The van der Waals surface area contributed by atoms with Gasteiger partial charge in [-0.2, -0.15) is 0 Å². The second-order valence-electron chi connectivity index (χ2n) is 7.14. The van der Waals surface area contributed by atoms with E-state index in [1.807, 2.05) is 54.6 Å². The van der Waals surface area contributed by atoms with Gasteiger partial charge in [0.05, 0.1) is 12.7 Å². The highest BCUT2D eigenvalue weighted by atomic mass is 16.5. The highest BCUT2D eigenvalue weighted by Crippen LogP contribution is 2.18. The Morgan fingerprint density at radius 1 is 1.00 bits per heavy atom. The third kappa shape index (κ3) is 5.57. The number of benzene rings is 2. The molecule has 0 fully saturated rings. The van der Waals surface area contributed by atoms with Crippen molar-refractivity contribution in [3.63, 3.8) is 0 Å². The first-order valence-corrected chi connectivity index (χ1v) is 9.74. The Balaban J connectivity index is 1.63. The van der Waals surface area contributed by atoms with E-state index in [0.29, 0.717) is 12.1 Å². The zero-order valence-corrected chi connectivity index (χ0v) is 17.1. The highest BCUT2D eigenvalue weighted by Gasteiger charge is 2.14. The molecule has 0 aliphatic rings. The first-order valence-electron chi connectivity index (χ1n) is 9.74. The standard InChI is InChI=1S/C24H27N3O2/c1-18(2)27(17-20-7-5-4-6-8-20)23-14-11-21(16-25-23)24(28)26-15-19-9-12-22(29-3)13-10-19/h4-14,16,18H,15,17H2,1-3H3,(H,26,28). The number of aromatic nitrogens is 1. The fraction of sp³-hybridized carbons (Fsp3) is 0.250. The van der Waals surface area contributed by atoms with Crippen molar-refractivity contribution in [2.24, 2.45) is 0 Å². The van der Waals surface area contributed by atoms with Crippen molar-refractivity contribution in [2.75, 3.05) is 12.0 Å². The maximum absolute atomic E-state index is 12.5. The Morgan fingerprint density at radius 3 is 2.31 bits per heavy atom. The molecule has 3 rings (SSSR count). The summed E-state index contributed by atoms with van der Waals surface area (Å²) in [7, 11) is 1.63. The largest absolute Gasteiger partial charge is 0.497 e. The number of anilines is 1. The van der Waals surface area contributed by atoms with Gasteiger partial charge in [0.25, 0.3) is 5.91 Å². The molecule has 2 aromatic carbocycles. The van der Waals surface area contributed by atoms with Crippen LogP contribution in [0.4, 0.5) is 5.82 Å². The van der Waals surface area contributed by atoms with Gasteiger partial charge in [-0.25, -0.2) is 4.98 Å². The minimum absolute atomic E-state index is 0.140. The monoisotopic (exact) mass is 389 g/mol. The Hall–Kier alpha value is -3.34. The summed E-state index contributed by atoms with van der Waals surface area (Å²) in [4.78, 5) is 19.2. The molecular formula is C24H27N3O2. The predicted octanol–water partition coefficient (Wildman–Crippen LogP) is 4.44. The number of methoxy groups -OCH3 is 1. The molecule has 0 aliphatic heterocycles. The summed E-state index contributed by atoms with van der Waals surface area (Å²) in [5, 5.41) is 2.93. The second-order valence-corrected chi connectivity index (χ2v) is 7.14. The molecule has 0 saturated carbocycles. The van der Waals surface area contributed by atoms with E-state index in [2.05, 4.69) is 41.2 Å². The van der Waals surface area contributed by atoms with Crippen molar-refractivity contribution in [1.29, 1.82) is 0 Å². The maximum atomic E-state index is 12.5. The number of rotatable bonds is 8. The summed E-state index contributed by atoms with van der Waals surface area (Å²) in [5.41, 5.74) is 2.78. The van der Waals surface area contributed by atoms with E-state index >= 15 is 0 Å². The summed E-state index contributed by atoms with van der Waals surface area (Å²) >= 11 is 0. The van der Waals surface area contributed by atoms with Gasteiger partial charge in [-0.3, -0.25) is 4.79 Å². The van der Waals surface area contributed by atoms with Gasteiger partial charge in [-0.05, 0) is 49.2 Å². The van der Waals surface area contributed by atoms with Gasteiger partial charge in [0, 0.05) is 25.3 Å². The lowest BCUT2D eigenvalue weighted by Gasteiger charge is -2.28. The summed E-state index contributed by atoms with van der Waals surface area (Å²) in [5.74, 6) is 1.51. The Kier molecular flexibility index (Phi) is 6.85. The molecule has 5 heteroatoms. The second kappa shape index (κ2) is 9.73. The van der Waals surface area contributed by atoms with E-state index in [9.17, 15) is 4.79 Å². The van der Waals surface area contributed by atoms with Crippen LogP contribution in [0.5, 0.6) is 5.75 Å². The van der Waals surface area contributed by atoms with Crippen LogP contribution in [-0.2, 0) is 13.1 Å². The predicted molar refractivity (Wildman–Crippen MR) is 116 cm³/mol. The first-order chi connectivity index (χ1) is 14.1. The Bertz CT molecular complexity index is 907. The molecule has 0 atom stereocenters. The van der Waals surface area contributed by atoms with Crippen molar-refractivity contribution >= 4 is 11.7 Å². The molecule has 3 aromatic rings. The summed E-state index contributed by atoms with van der Waals surface area (Å²) in [6.45, 7) is 5.51. The van der Waals surface area contributed by atoms with Crippen LogP contribution in [0, 0.1) is 0 Å². The van der Waals surface area contributed by atoms with Crippen LogP contribution in [0.15, 0.2) is 72.9 Å². The smallest absolute Gasteiger partial charge is 0.253 e. The number of hydrogen-bond donors (Lipinski definition) is 1.